The van der Waals surface area contributed by atoms with E-state index in [1.54, 1.807) is 0 Å². The van der Waals surface area contributed by atoms with E-state index in [0.29, 0.717) is 6.54 Å². The highest BCUT2D eigenvalue weighted by Gasteiger charge is 2.19. The Kier molecular flexibility index (Phi) is 3.84. The van der Waals surface area contributed by atoms with Gasteiger partial charge in [0.1, 0.15) is 6.54 Å². The normalized spacial score (nSPS) is 17.4. The van der Waals surface area contributed by atoms with Crippen LogP contribution >= 0.6 is 0 Å². The fourth-order valence-corrected chi connectivity index (χ4v) is 2.32. The molecule has 1 aromatic heterocycles. The van der Waals surface area contributed by atoms with Gasteiger partial charge in [0.05, 0.1) is 0 Å². The summed E-state index contributed by atoms with van der Waals surface area (Å²) in [5.74, 6) is 0.239. The van der Waals surface area contributed by atoms with Crippen molar-refractivity contribution in [3.8, 4) is 0 Å². The van der Waals surface area contributed by atoms with Gasteiger partial charge in [0, 0.05) is 31.0 Å². The Labute approximate surface area is 103 Å². The molecular weight excluding hydrogens is 214 g/mol. The van der Waals surface area contributed by atoms with E-state index in [2.05, 4.69) is 18.3 Å². The highest BCUT2D eigenvalue weighted by atomic mass is 16.2. The number of rotatable bonds is 4. The van der Waals surface area contributed by atoms with E-state index >= 15 is 0 Å². The summed E-state index contributed by atoms with van der Waals surface area (Å²) < 4.78 is 2.04. The largest absolute Gasteiger partial charge is 0.341 e. The molecule has 1 unspecified atom stereocenters. The van der Waals surface area contributed by atoms with Crippen molar-refractivity contribution < 1.29 is 4.79 Å². The molecule has 1 atom stereocenters. The van der Waals surface area contributed by atoms with Crippen molar-refractivity contribution in [3.05, 3.63) is 24.0 Å². The number of carbonyl (C=O) groups excluding carboxylic acids is 1. The van der Waals surface area contributed by atoms with Crippen molar-refractivity contribution in [1.29, 1.82) is 0 Å². The van der Waals surface area contributed by atoms with E-state index in [0.717, 1.165) is 25.9 Å². The molecule has 17 heavy (non-hydrogen) atoms. The molecule has 1 N–H and O–H groups in total. The topological polar surface area (TPSA) is 37.3 Å². The molecule has 1 aromatic rings. The molecule has 0 aromatic carbocycles. The van der Waals surface area contributed by atoms with Crippen LogP contribution in [0.2, 0.25) is 0 Å². The maximum atomic E-state index is 12.1. The molecule has 1 amide bonds. The van der Waals surface area contributed by atoms with Crippen LogP contribution in [0, 0.1) is 0 Å². The van der Waals surface area contributed by atoms with Gasteiger partial charge in [-0.1, -0.05) is 0 Å². The molecule has 1 saturated heterocycles. The summed E-state index contributed by atoms with van der Waals surface area (Å²) in [6.07, 6.45) is 4.28. The molecule has 0 spiro atoms. The molecule has 94 valence electrons. The Bertz CT molecular complexity index is 380. The first-order valence-corrected chi connectivity index (χ1v) is 6.32. The summed E-state index contributed by atoms with van der Waals surface area (Å²) in [4.78, 5) is 14.0. The van der Waals surface area contributed by atoms with Crippen LogP contribution < -0.4 is 5.32 Å². The smallest absolute Gasteiger partial charge is 0.242 e. The third kappa shape index (κ3) is 2.69. The Balaban J connectivity index is 2.02. The minimum absolute atomic E-state index is 0.239. The van der Waals surface area contributed by atoms with Gasteiger partial charge in [-0.25, -0.2) is 0 Å². The molecule has 2 rings (SSSR count). The Morgan fingerprint density at radius 2 is 2.18 bits per heavy atom. The van der Waals surface area contributed by atoms with Gasteiger partial charge in [-0.15, -0.1) is 0 Å². The van der Waals surface area contributed by atoms with E-state index in [1.807, 2.05) is 28.8 Å². The minimum atomic E-state index is 0.239. The molecule has 2 heterocycles. The van der Waals surface area contributed by atoms with Crippen LogP contribution in [0.1, 0.15) is 31.5 Å². The summed E-state index contributed by atoms with van der Waals surface area (Å²) >= 11 is 0. The summed E-state index contributed by atoms with van der Waals surface area (Å²) in [7, 11) is 1.93. The van der Waals surface area contributed by atoms with Crippen molar-refractivity contribution in [3.63, 3.8) is 0 Å². The maximum absolute atomic E-state index is 12.1. The molecule has 0 saturated carbocycles. The number of likely N-dealkylation sites (tertiary alicyclic amines) is 1. The number of nitrogens with zero attached hydrogens (tertiary/aromatic N) is 2. The van der Waals surface area contributed by atoms with Crippen molar-refractivity contribution in [2.45, 2.75) is 32.4 Å². The molecule has 1 fully saturated rings. The standard InChI is InChI=1S/C13H21N3O/c1-11(14-2)12-6-5-9-16(12)10-13(17)15-7-3-4-8-15/h5-6,9,11,14H,3-4,7-8,10H2,1-2H3. The van der Waals surface area contributed by atoms with Crippen LogP contribution in [0.15, 0.2) is 18.3 Å². The Hall–Kier alpha value is -1.29. The summed E-state index contributed by atoms with van der Waals surface area (Å²) in [5.41, 5.74) is 1.17. The number of carbonyl (C=O) groups is 1. The molecule has 4 heteroatoms. The lowest BCUT2D eigenvalue weighted by Crippen LogP contribution is -2.31. The zero-order chi connectivity index (χ0) is 12.3. The second-order valence-electron chi connectivity index (χ2n) is 4.66. The average molecular weight is 235 g/mol. The van der Waals surface area contributed by atoms with Crippen LogP contribution in [0.25, 0.3) is 0 Å². The Morgan fingerprint density at radius 3 is 2.82 bits per heavy atom. The summed E-state index contributed by atoms with van der Waals surface area (Å²) in [6.45, 7) is 4.43. The van der Waals surface area contributed by atoms with E-state index in [4.69, 9.17) is 0 Å². The lowest BCUT2D eigenvalue weighted by atomic mass is 10.2. The first-order chi connectivity index (χ1) is 8.22. The number of amides is 1. The zero-order valence-corrected chi connectivity index (χ0v) is 10.6. The predicted molar refractivity (Wildman–Crippen MR) is 67.7 cm³/mol. The zero-order valence-electron chi connectivity index (χ0n) is 10.6. The highest BCUT2D eigenvalue weighted by Crippen LogP contribution is 2.14. The van der Waals surface area contributed by atoms with Gasteiger partial charge in [0.15, 0.2) is 0 Å². The molecule has 0 radical (unpaired) electrons. The molecule has 1 aliphatic heterocycles. The monoisotopic (exact) mass is 235 g/mol. The Morgan fingerprint density at radius 1 is 1.47 bits per heavy atom. The minimum Gasteiger partial charge on any atom is -0.341 e. The summed E-state index contributed by atoms with van der Waals surface area (Å²) in [6, 6.07) is 4.34. The first-order valence-electron chi connectivity index (χ1n) is 6.32. The molecular formula is C13H21N3O. The van der Waals surface area contributed by atoms with Gasteiger partial charge in [0.25, 0.3) is 0 Å². The number of hydrogen-bond acceptors (Lipinski definition) is 2. The van der Waals surface area contributed by atoms with E-state index in [9.17, 15) is 4.79 Å². The highest BCUT2D eigenvalue weighted by molar-refractivity contribution is 5.76. The number of nitrogens with one attached hydrogen (secondary N) is 1. The number of hydrogen-bond donors (Lipinski definition) is 1. The molecule has 0 aliphatic carbocycles. The second kappa shape index (κ2) is 5.36. The number of aromatic nitrogens is 1. The van der Waals surface area contributed by atoms with Crippen molar-refractivity contribution >= 4 is 5.91 Å². The van der Waals surface area contributed by atoms with E-state index < -0.39 is 0 Å². The van der Waals surface area contributed by atoms with Crippen molar-refractivity contribution in [2.24, 2.45) is 0 Å². The molecule has 1 aliphatic rings. The quantitative estimate of drug-likeness (QED) is 0.856. The molecule has 0 bridgehead atoms. The van der Waals surface area contributed by atoms with Crippen LogP contribution in [0.4, 0.5) is 0 Å². The second-order valence-corrected chi connectivity index (χ2v) is 4.66. The average Bonchev–Trinajstić information content (AvgIpc) is 2.98. The fourth-order valence-electron chi connectivity index (χ4n) is 2.32. The van der Waals surface area contributed by atoms with E-state index in [-0.39, 0.29) is 11.9 Å². The third-order valence-corrected chi connectivity index (χ3v) is 3.51. The van der Waals surface area contributed by atoms with Gasteiger partial charge in [-0.2, -0.15) is 0 Å². The lowest BCUT2D eigenvalue weighted by Gasteiger charge is -2.19. The van der Waals surface area contributed by atoms with Crippen LogP contribution in [0.3, 0.4) is 0 Å². The van der Waals surface area contributed by atoms with Gasteiger partial charge in [-0.05, 0) is 38.9 Å². The van der Waals surface area contributed by atoms with E-state index in [1.165, 1.54) is 5.69 Å². The lowest BCUT2D eigenvalue weighted by molar-refractivity contribution is -0.130. The maximum Gasteiger partial charge on any atom is 0.242 e. The van der Waals surface area contributed by atoms with Gasteiger partial charge < -0.3 is 14.8 Å². The van der Waals surface area contributed by atoms with Crippen molar-refractivity contribution in [1.82, 2.24) is 14.8 Å². The molecule has 4 nitrogen and oxygen atoms in total. The van der Waals surface area contributed by atoms with Gasteiger partial charge in [0.2, 0.25) is 5.91 Å². The van der Waals surface area contributed by atoms with Gasteiger partial charge in [-0.3, -0.25) is 4.79 Å². The predicted octanol–water partition coefficient (Wildman–Crippen LogP) is 1.39. The van der Waals surface area contributed by atoms with Crippen LogP contribution in [-0.2, 0) is 11.3 Å². The van der Waals surface area contributed by atoms with Crippen molar-refractivity contribution in [2.75, 3.05) is 20.1 Å². The third-order valence-electron chi connectivity index (χ3n) is 3.51. The first kappa shape index (κ1) is 12.2. The van der Waals surface area contributed by atoms with Gasteiger partial charge >= 0.3 is 0 Å². The SMILES string of the molecule is CNC(C)c1cccn1CC(=O)N1CCCC1. The summed E-state index contributed by atoms with van der Waals surface area (Å²) in [5, 5.41) is 3.20. The van der Waals surface area contributed by atoms with Crippen LogP contribution in [-0.4, -0.2) is 35.5 Å². The fraction of sp³-hybridized carbons (Fsp3) is 0.615. The van der Waals surface area contributed by atoms with Crippen LogP contribution in [0.5, 0.6) is 0 Å².